The topological polar surface area (TPSA) is 58.0 Å². The Bertz CT molecular complexity index is 733. The van der Waals surface area contributed by atoms with Gasteiger partial charge in [-0.05, 0) is 64.3 Å². The zero-order chi connectivity index (χ0) is 20.4. The summed E-state index contributed by atoms with van der Waals surface area (Å²) in [6, 6.07) is 4.06. The molecule has 1 rings (SSSR count). The van der Waals surface area contributed by atoms with Crippen LogP contribution in [0, 0.1) is 5.41 Å². The second kappa shape index (κ2) is 11.6. The minimum atomic E-state index is 0.199. The lowest BCUT2D eigenvalue weighted by Crippen LogP contribution is -2.26. The maximum absolute atomic E-state index is 8.35. The molecule has 0 saturated heterocycles. The highest BCUT2D eigenvalue weighted by molar-refractivity contribution is 6.32. The number of halogens is 1. The molecule has 0 aliphatic rings. The van der Waals surface area contributed by atoms with Crippen LogP contribution < -0.4 is 10.1 Å². The Hall–Kier alpha value is -2.07. The van der Waals surface area contributed by atoms with Crippen molar-refractivity contribution >= 4 is 22.9 Å². The van der Waals surface area contributed by atoms with E-state index in [9.17, 15) is 0 Å². The Balaban J connectivity index is 3.47. The van der Waals surface area contributed by atoms with Crippen LogP contribution in [0.1, 0.15) is 59.9 Å². The first-order valence-electron chi connectivity index (χ1n) is 9.56. The molecule has 0 aliphatic heterocycles. The third-order valence-electron chi connectivity index (χ3n) is 3.85. The standard InChI is InChI=1S/C22H32ClN3O/c1-7-11-18(20(24)8-2)21(26-15(4)5)19(23)14-16(6)17-12-10-13-25-22(17)27-9-3/h10-15,24,26H,7-9H2,1-6H3/b16-14+,18-11+,21-19-,24-20?. The minimum absolute atomic E-state index is 0.199. The summed E-state index contributed by atoms with van der Waals surface area (Å²) in [6.07, 6.45) is 7.18. The van der Waals surface area contributed by atoms with Crippen molar-refractivity contribution in [2.24, 2.45) is 0 Å². The van der Waals surface area contributed by atoms with Crippen molar-refractivity contribution in [3.05, 3.63) is 52.3 Å². The minimum Gasteiger partial charge on any atom is -0.478 e. The molecule has 0 fully saturated rings. The molecule has 0 unspecified atom stereocenters. The van der Waals surface area contributed by atoms with E-state index in [1.165, 1.54) is 0 Å². The molecule has 0 radical (unpaired) electrons. The second-order valence-electron chi connectivity index (χ2n) is 6.50. The summed E-state index contributed by atoms with van der Waals surface area (Å²) >= 11 is 6.74. The van der Waals surface area contributed by atoms with E-state index in [1.54, 1.807) is 6.20 Å². The number of nitrogens with zero attached hydrogens (tertiary/aromatic N) is 1. The predicted molar refractivity (Wildman–Crippen MR) is 117 cm³/mol. The first-order chi connectivity index (χ1) is 12.8. The number of hydrogen-bond acceptors (Lipinski definition) is 4. The molecule has 4 nitrogen and oxygen atoms in total. The molecule has 0 bridgehead atoms. The molecule has 148 valence electrons. The van der Waals surface area contributed by atoms with E-state index in [2.05, 4.69) is 37.1 Å². The van der Waals surface area contributed by atoms with E-state index in [1.807, 2.05) is 39.0 Å². The Morgan fingerprint density at radius 1 is 1.33 bits per heavy atom. The second-order valence-corrected chi connectivity index (χ2v) is 6.90. The van der Waals surface area contributed by atoms with Crippen LogP contribution in [0.15, 0.2) is 46.8 Å². The maximum atomic E-state index is 8.35. The number of pyridine rings is 1. The van der Waals surface area contributed by atoms with Gasteiger partial charge in [0.15, 0.2) is 0 Å². The van der Waals surface area contributed by atoms with Crippen LogP contribution in [-0.4, -0.2) is 23.3 Å². The van der Waals surface area contributed by atoms with Gasteiger partial charge in [-0.3, -0.25) is 0 Å². The number of allylic oxidation sites excluding steroid dienone is 5. The Morgan fingerprint density at radius 3 is 2.59 bits per heavy atom. The van der Waals surface area contributed by atoms with Gasteiger partial charge in [-0.25, -0.2) is 4.98 Å². The average Bonchev–Trinajstić information content (AvgIpc) is 2.64. The van der Waals surface area contributed by atoms with Gasteiger partial charge < -0.3 is 15.5 Å². The Labute approximate surface area is 168 Å². The van der Waals surface area contributed by atoms with Crippen molar-refractivity contribution in [1.82, 2.24) is 10.3 Å². The molecular formula is C22H32ClN3O. The van der Waals surface area contributed by atoms with E-state index in [0.717, 1.165) is 28.8 Å². The summed E-state index contributed by atoms with van der Waals surface area (Å²) < 4.78 is 5.63. The number of ether oxygens (including phenoxy) is 1. The van der Waals surface area contributed by atoms with E-state index in [0.29, 0.717) is 29.7 Å². The molecule has 0 saturated carbocycles. The van der Waals surface area contributed by atoms with Gasteiger partial charge in [-0.1, -0.05) is 31.5 Å². The summed E-state index contributed by atoms with van der Waals surface area (Å²) in [4.78, 5) is 4.31. The van der Waals surface area contributed by atoms with Crippen LogP contribution in [0.3, 0.4) is 0 Å². The molecule has 1 heterocycles. The monoisotopic (exact) mass is 389 g/mol. The molecule has 2 N–H and O–H groups in total. The van der Waals surface area contributed by atoms with Gasteiger partial charge in [-0.15, -0.1) is 0 Å². The molecule has 1 aromatic heterocycles. The summed E-state index contributed by atoms with van der Waals surface area (Å²) in [7, 11) is 0. The third-order valence-corrected chi connectivity index (χ3v) is 4.15. The van der Waals surface area contributed by atoms with Crippen LogP contribution in [0.5, 0.6) is 5.88 Å². The number of rotatable bonds is 10. The lowest BCUT2D eigenvalue weighted by molar-refractivity contribution is 0.326. The molecule has 0 aromatic carbocycles. The Kier molecular flexibility index (Phi) is 9.87. The fourth-order valence-electron chi connectivity index (χ4n) is 2.62. The first kappa shape index (κ1) is 23.0. The van der Waals surface area contributed by atoms with Crippen LogP contribution in [0.4, 0.5) is 0 Å². The molecule has 0 atom stereocenters. The third kappa shape index (κ3) is 6.87. The smallest absolute Gasteiger partial charge is 0.220 e. The SMILES string of the molecule is CC/C=C(C(=N)CC)/C(NC(C)C)=C(Cl)\C=C(/C)c1cccnc1OCC. The van der Waals surface area contributed by atoms with E-state index in [4.69, 9.17) is 21.7 Å². The van der Waals surface area contributed by atoms with Crippen LogP contribution >= 0.6 is 11.6 Å². The fourth-order valence-corrected chi connectivity index (χ4v) is 2.94. The number of aromatic nitrogens is 1. The van der Waals surface area contributed by atoms with Gasteiger partial charge >= 0.3 is 0 Å². The van der Waals surface area contributed by atoms with Gasteiger partial charge in [0.1, 0.15) is 0 Å². The summed E-state index contributed by atoms with van der Waals surface area (Å²) in [5.74, 6) is 0.599. The highest BCUT2D eigenvalue weighted by atomic mass is 35.5. The molecule has 0 spiro atoms. The molecular weight excluding hydrogens is 358 g/mol. The van der Waals surface area contributed by atoms with Crippen LogP contribution in [0.25, 0.3) is 5.57 Å². The van der Waals surface area contributed by atoms with Crippen molar-refractivity contribution in [1.29, 1.82) is 5.41 Å². The molecule has 27 heavy (non-hydrogen) atoms. The quantitative estimate of drug-likeness (QED) is 0.375. The van der Waals surface area contributed by atoms with Gasteiger partial charge in [0, 0.05) is 29.1 Å². The Morgan fingerprint density at radius 2 is 2.04 bits per heavy atom. The van der Waals surface area contributed by atoms with Crippen molar-refractivity contribution in [2.75, 3.05) is 6.61 Å². The van der Waals surface area contributed by atoms with Gasteiger partial charge in [-0.2, -0.15) is 0 Å². The van der Waals surface area contributed by atoms with E-state index < -0.39 is 0 Å². The summed E-state index contributed by atoms with van der Waals surface area (Å²) in [5, 5.41) is 12.3. The first-order valence-corrected chi connectivity index (χ1v) is 9.94. The van der Waals surface area contributed by atoms with E-state index >= 15 is 0 Å². The fraction of sp³-hybridized carbons (Fsp3) is 0.455. The average molecular weight is 390 g/mol. The molecule has 1 aromatic rings. The lowest BCUT2D eigenvalue weighted by Gasteiger charge is -2.19. The zero-order valence-electron chi connectivity index (χ0n) is 17.3. The van der Waals surface area contributed by atoms with Crippen LogP contribution in [0.2, 0.25) is 0 Å². The van der Waals surface area contributed by atoms with Crippen molar-refractivity contribution < 1.29 is 4.74 Å². The normalized spacial score (nSPS) is 13.5. The largest absolute Gasteiger partial charge is 0.478 e. The zero-order valence-corrected chi connectivity index (χ0v) is 18.1. The molecule has 0 aliphatic carbocycles. The van der Waals surface area contributed by atoms with Crippen molar-refractivity contribution in [2.45, 2.75) is 60.4 Å². The van der Waals surface area contributed by atoms with Gasteiger partial charge in [0.2, 0.25) is 5.88 Å². The summed E-state index contributed by atoms with van der Waals surface area (Å²) in [5.41, 5.74) is 4.09. The number of hydrogen-bond donors (Lipinski definition) is 2. The van der Waals surface area contributed by atoms with Crippen molar-refractivity contribution in [3.8, 4) is 5.88 Å². The van der Waals surface area contributed by atoms with Crippen molar-refractivity contribution in [3.63, 3.8) is 0 Å². The highest BCUT2D eigenvalue weighted by Crippen LogP contribution is 2.28. The predicted octanol–water partition coefficient (Wildman–Crippen LogP) is 6.10. The molecule has 0 amide bonds. The number of nitrogens with one attached hydrogen (secondary N) is 2. The lowest BCUT2D eigenvalue weighted by atomic mass is 10.0. The van der Waals surface area contributed by atoms with Gasteiger partial charge in [0.25, 0.3) is 0 Å². The molecule has 5 heteroatoms. The summed E-state index contributed by atoms with van der Waals surface area (Å²) in [6.45, 7) is 12.7. The maximum Gasteiger partial charge on any atom is 0.220 e. The van der Waals surface area contributed by atoms with Gasteiger partial charge in [0.05, 0.1) is 17.3 Å². The van der Waals surface area contributed by atoms with E-state index in [-0.39, 0.29) is 6.04 Å². The highest BCUT2D eigenvalue weighted by Gasteiger charge is 2.15. The van der Waals surface area contributed by atoms with Crippen LogP contribution in [-0.2, 0) is 0 Å².